The Morgan fingerprint density at radius 1 is 1.15 bits per heavy atom. The van der Waals surface area contributed by atoms with E-state index in [2.05, 4.69) is 29.6 Å². The van der Waals surface area contributed by atoms with Crippen LogP contribution in [0.4, 0.5) is 5.69 Å². The molecule has 1 amide bonds. The first kappa shape index (κ1) is 13.5. The van der Waals surface area contributed by atoms with Gasteiger partial charge < -0.3 is 10.2 Å². The lowest BCUT2D eigenvalue weighted by atomic mass is 10.1. The van der Waals surface area contributed by atoms with Gasteiger partial charge in [0.15, 0.2) is 0 Å². The smallest absolute Gasteiger partial charge is 0.226 e. The van der Waals surface area contributed by atoms with Crippen LogP contribution in [-0.2, 0) is 11.2 Å². The molecule has 0 aliphatic heterocycles. The van der Waals surface area contributed by atoms with Gasteiger partial charge in [-0.2, -0.15) is 0 Å². The molecule has 3 nitrogen and oxygen atoms in total. The number of benzene rings is 1. The van der Waals surface area contributed by atoms with Crippen LogP contribution in [0.2, 0.25) is 0 Å². The molecule has 0 heterocycles. The van der Waals surface area contributed by atoms with Crippen molar-refractivity contribution in [1.82, 2.24) is 4.90 Å². The van der Waals surface area contributed by atoms with Gasteiger partial charge >= 0.3 is 0 Å². The predicted octanol–water partition coefficient (Wildman–Crippen LogP) is 2.92. The van der Waals surface area contributed by atoms with Gasteiger partial charge in [0.2, 0.25) is 5.91 Å². The molecule has 1 aromatic rings. The SMILES string of the molecule is CN(C)C(=O)Cc1ccc(NC(C2CC2)C2CC2)cc1. The van der Waals surface area contributed by atoms with Crippen LogP contribution in [0, 0.1) is 11.8 Å². The molecule has 0 unspecified atom stereocenters. The Hall–Kier alpha value is -1.51. The zero-order chi connectivity index (χ0) is 14.1. The Balaban J connectivity index is 1.59. The summed E-state index contributed by atoms with van der Waals surface area (Å²) < 4.78 is 0. The zero-order valence-corrected chi connectivity index (χ0v) is 12.4. The standard InChI is InChI=1S/C17H24N2O/c1-19(2)16(20)11-12-3-9-15(10-4-12)18-17(13-5-6-13)14-7-8-14/h3-4,9-10,13-14,17-18H,5-8,11H2,1-2H3. The van der Waals surface area contributed by atoms with E-state index in [4.69, 9.17) is 0 Å². The summed E-state index contributed by atoms with van der Waals surface area (Å²) in [6.07, 6.45) is 6.06. The molecule has 0 bridgehead atoms. The summed E-state index contributed by atoms with van der Waals surface area (Å²) in [4.78, 5) is 13.3. The Morgan fingerprint density at radius 3 is 2.15 bits per heavy atom. The van der Waals surface area contributed by atoms with E-state index in [9.17, 15) is 4.79 Å². The fraction of sp³-hybridized carbons (Fsp3) is 0.588. The van der Waals surface area contributed by atoms with Gasteiger partial charge in [0.25, 0.3) is 0 Å². The van der Waals surface area contributed by atoms with Crippen LogP contribution in [0.15, 0.2) is 24.3 Å². The highest BCUT2D eigenvalue weighted by Gasteiger charge is 2.41. The van der Waals surface area contributed by atoms with Crippen LogP contribution in [0.5, 0.6) is 0 Å². The first-order valence-corrected chi connectivity index (χ1v) is 7.69. The highest BCUT2D eigenvalue weighted by Crippen LogP contribution is 2.45. The molecule has 3 rings (SSSR count). The lowest BCUT2D eigenvalue weighted by Gasteiger charge is -2.19. The van der Waals surface area contributed by atoms with Gasteiger partial charge in [-0.15, -0.1) is 0 Å². The van der Waals surface area contributed by atoms with E-state index in [0.29, 0.717) is 12.5 Å². The Morgan fingerprint density at radius 2 is 1.70 bits per heavy atom. The van der Waals surface area contributed by atoms with Gasteiger partial charge in [0, 0.05) is 25.8 Å². The van der Waals surface area contributed by atoms with Crippen molar-refractivity contribution in [1.29, 1.82) is 0 Å². The molecule has 0 spiro atoms. The average Bonchev–Trinajstić information content (AvgIpc) is 3.29. The van der Waals surface area contributed by atoms with Crippen LogP contribution in [0.1, 0.15) is 31.2 Å². The van der Waals surface area contributed by atoms with Gasteiger partial charge in [0.1, 0.15) is 0 Å². The van der Waals surface area contributed by atoms with Gasteiger partial charge in [-0.1, -0.05) is 12.1 Å². The first-order chi connectivity index (χ1) is 9.63. The van der Waals surface area contributed by atoms with Crippen molar-refractivity contribution in [3.63, 3.8) is 0 Å². The monoisotopic (exact) mass is 272 g/mol. The molecule has 1 N–H and O–H groups in total. The second kappa shape index (κ2) is 5.47. The number of nitrogens with one attached hydrogen (secondary N) is 1. The molecule has 3 heteroatoms. The van der Waals surface area contributed by atoms with Crippen LogP contribution >= 0.6 is 0 Å². The van der Waals surface area contributed by atoms with Crippen LogP contribution < -0.4 is 5.32 Å². The van der Waals surface area contributed by atoms with E-state index in [1.165, 1.54) is 31.4 Å². The number of amides is 1. The summed E-state index contributed by atoms with van der Waals surface area (Å²) in [5, 5.41) is 3.71. The summed E-state index contributed by atoms with van der Waals surface area (Å²) in [6.45, 7) is 0. The number of hydrogen-bond donors (Lipinski definition) is 1. The minimum absolute atomic E-state index is 0.152. The molecular formula is C17H24N2O. The number of carbonyl (C=O) groups is 1. The maximum Gasteiger partial charge on any atom is 0.226 e. The van der Waals surface area contributed by atoms with Gasteiger partial charge in [-0.25, -0.2) is 0 Å². The molecule has 2 aliphatic rings. The molecular weight excluding hydrogens is 248 g/mol. The number of carbonyl (C=O) groups excluding carboxylic acids is 1. The van der Waals surface area contributed by atoms with E-state index in [-0.39, 0.29) is 5.91 Å². The minimum Gasteiger partial charge on any atom is -0.382 e. The van der Waals surface area contributed by atoms with E-state index >= 15 is 0 Å². The molecule has 2 fully saturated rings. The molecule has 20 heavy (non-hydrogen) atoms. The Labute approximate surface area is 121 Å². The summed E-state index contributed by atoms with van der Waals surface area (Å²) in [6, 6.07) is 9.07. The topological polar surface area (TPSA) is 32.3 Å². The van der Waals surface area contributed by atoms with E-state index in [1.54, 1.807) is 19.0 Å². The fourth-order valence-electron chi connectivity index (χ4n) is 2.78. The molecule has 2 saturated carbocycles. The van der Waals surface area contributed by atoms with Crippen LogP contribution in [0.25, 0.3) is 0 Å². The second-order valence-electron chi connectivity index (χ2n) is 6.51. The third-order valence-corrected chi connectivity index (χ3v) is 4.40. The lowest BCUT2D eigenvalue weighted by Crippen LogP contribution is -2.24. The molecule has 0 radical (unpaired) electrons. The van der Waals surface area contributed by atoms with E-state index in [1.807, 2.05) is 0 Å². The van der Waals surface area contributed by atoms with Crippen LogP contribution in [0.3, 0.4) is 0 Å². The maximum absolute atomic E-state index is 11.7. The molecule has 1 aromatic carbocycles. The third kappa shape index (κ3) is 3.33. The quantitative estimate of drug-likeness (QED) is 0.863. The number of anilines is 1. The van der Waals surface area contributed by atoms with Crippen molar-refractivity contribution in [3.05, 3.63) is 29.8 Å². The highest BCUT2D eigenvalue weighted by atomic mass is 16.2. The molecule has 108 valence electrons. The second-order valence-corrected chi connectivity index (χ2v) is 6.51. The van der Waals surface area contributed by atoms with Crippen molar-refractivity contribution in [3.8, 4) is 0 Å². The van der Waals surface area contributed by atoms with Crippen molar-refractivity contribution < 1.29 is 4.79 Å². The van der Waals surface area contributed by atoms with Gasteiger partial charge in [0.05, 0.1) is 6.42 Å². The van der Waals surface area contributed by atoms with Gasteiger partial charge in [-0.3, -0.25) is 4.79 Å². The molecule has 0 saturated heterocycles. The average molecular weight is 272 g/mol. The fourth-order valence-corrected chi connectivity index (χ4v) is 2.78. The zero-order valence-electron chi connectivity index (χ0n) is 12.4. The lowest BCUT2D eigenvalue weighted by molar-refractivity contribution is -0.127. The van der Waals surface area contributed by atoms with E-state index < -0.39 is 0 Å². The highest BCUT2D eigenvalue weighted by molar-refractivity contribution is 5.78. The van der Waals surface area contributed by atoms with Crippen molar-refractivity contribution in [2.24, 2.45) is 11.8 Å². The summed E-state index contributed by atoms with van der Waals surface area (Å²) in [5.74, 6) is 1.95. The summed E-state index contributed by atoms with van der Waals surface area (Å²) in [7, 11) is 3.60. The van der Waals surface area contributed by atoms with Crippen molar-refractivity contribution in [2.75, 3.05) is 19.4 Å². The molecule has 0 aromatic heterocycles. The number of hydrogen-bond acceptors (Lipinski definition) is 2. The van der Waals surface area contributed by atoms with Gasteiger partial charge in [-0.05, 0) is 55.2 Å². The predicted molar refractivity (Wildman–Crippen MR) is 81.7 cm³/mol. The Bertz CT molecular complexity index is 460. The first-order valence-electron chi connectivity index (χ1n) is 7.69. The Kier molecular flexibility index (Phi) is 3.68. The number of rotatable bonds is 6. The maximum atomic E-state index is 11.7. The van der Waals surface area contributed by atoms with E-state index in [0.717, 1.165) is 17.4 Å². The summed E-state index contributed by atoms with van der Waals surface area (Å²) >= 11 is 0. The van der Waals surface area contributed by atoms with Crippen molar-refractivity contribution in [2.45, 2.75) is 38.1 Å². The number of likely N-dealkylation sites (N-methyl/N-ethyl adjacent to an activating group) is 1. The number of nitrogens with zero attached hydrogens (tertiary/aromatic N) is 1. The molecule has 0 atom stereocenters. The molecule has 2 aliphatic carbocycles. The van der Waals surface area contributed by atoms with Crippen LogP contribution in [-0.4, -0.2) is 30.9 Å². The normalized spacial score (nSPS) is 18.1. The van der Waals surface area contributed by atoms with Crippen molar-refractivity contribution >= 4 is 11.6 Å². The minimum atomic E-state index is 0.152. The largest absolute Gasteiger partial charge is 0.382 e. The third-order valence-electron chi connectivity index (χ3n) is 4.40. The summed E-state index contributed by atoms with van der Waals surface area (Å²) in [5.41, 5.74) is 2.29.